The van der Waals surface area contributed by atoms with Gasteiger partial charge in [-0.2, -0.15) is 0 Å². The number of benzene rings is 1. The summed E-state index contributed by atoms with van der Waals surface area (Å²) in [5.41, 5.74) is 0.572. The van der Waals surface area contributed by atoms with Crippen molar-refractivity contribution in [2.75, 3.05) is 13.1 Å². The molecule has 0 unspecified atom stereocenters. The molecule has 1 aromatic rings. The summed E-state index contributed by atoms with van der Waals surface area (Å²) in [5.74, 6) is -0.0858. The number of alkyl carbamates (subject to hydrolysis) is 1. The van der Waals surface area contributed by atoms with Gasteiger partial charge in [-0.1, -0.05) is 30.3 Å². The number of carbonyl (C=O) groups excluding carboxylic acids is 2. The van der Waals surface area contributed by atoms with Crippen molar-refractivity contribution in [3.8, 4) is 0 Å². The molecule has 0 bridgehead atoms. The molecule has 6 heteroatoms. The number of amides is 2. The van der Waals surface area contributed by atoms with Gasteiger partial charge in [0.25, 0.3) is 0 Å². The van der Waals surface area contributed by atoms with Gasteiger partial charge in [0.15, 0.2) is 0 Å². The van der Waals surface area contributed by atoms with Gasteiger partial charge in [0.1, 0.15) is 11.6 Å². The van der Waals surface area contributed by atoms with Crippen molar-refractivity contribution >= 4 is 12.0 Å². The summed E-state index contributed by atoms with van der Waals surface area (Å²) >= 11 is 0. The third kappa shape index (κ3) is 6.67. The predicted octanol–water partition coefficient (Wildman–Crippen LogP) is 3.11. The number of likely N-dealkylation sites (tertiary alicyclic amines) is 1. The number of carbonyl (C=O) groups is 2. The summed E-state index contributed by atoms with van der Waals surface area (Å²) in [6.07, 6.45) is 1.20. The predicted molar refractivity (Wildman–Crippen MR) is 99.7 cm³/mol. The summed E-state index contributed by atoms with van der Waals surface area (Å²) in [4.78, 5) is 26.1. The van der Waals surface area contributed by atoms with Crippen LogP contribution >= 0.6 is 0 Å². The largest absolute Gasteiger partial charge is 0.444 e. The summed E-state index contributed by atoms with van der Waals surface area (Å²) < 4.78 is 11.1. The van der Waals surface area contributed by atoms with E-state index in [1.54, 1.807) is 32.6 Å². The van der Waals surface area contributed by atoms with Gasteiger partial charge in [-0.25, -0.2) is 4.79 Å². The minimum Gasteiger partial charge on any atom is -0.444 e. The van der Waals surface area contributed by atoms with Crippen LogP contribution in [0.5, 0.6) is 0 Å². The lowest BCUT2D eigenvalue weighted by molar-refractivity contribution is -0.135. The van der Waals surface area contributed by atoms with E-state index < -0.39 is 17.7 Å². The number of piperidine rings is 1. The van der Waals surface area contributed by atoms with Crippen molar-refractivity contribution in [2.45, 2.75) is 64.9 Å². The number of rotatable bonds is 5. The molecule has 1 fully saturated rings. The first-order valence-corrected chi connectivity index (χ1v) is 9.18. The maximum absolute atomic E-state index is 12.5. The first kappa shape index (κ1) is 20.2. The molecule has 1 atom stereocenters. The van der Waals surface area contributed by atoms with E-state index in [9.17, 15) is 9.59 Å². The zero-order valence-corrected chi connectivity index (χ0v) is 16.2. The first-order chi connectivity index (χ1) is 12.2. The van der Waals surface area contributed by atoms with Gasteiger partial charge in [-0.05, 0) is 46.1 Å². The molecule has 144 valence electrons. The second-order valence-electron chi connectivity index (χ2n) is 7.69. The third-order valence-corrected chi connectivity index (χ3v) is 4.19. The van der Waals surface area contributed by atoms with Gasteiger partial charge in [-0.3, -0.25) is 4.79 Å². The van der Waals surface area contributed by atoms with Crippen molar-refractivity contribution in [3.05, 3.63) is 35.9 Å². The number of ether oxygens (including phenoxy) is 2. The Morgan fingerprint density at radius 3 is 2.38 bits per heavy atom. The maximum Gasteiger partial charge on any atom is 0.408 e. The third-order valence-electron chi connectivity index (χ3n) is 4.19. The number of nitrogens with zero attached hydrogens (tertiary/aromatic N) is 1. The molecule has 6 nitrogen and oxygen atoms in total. The van der Waals surface area contributed by atoms with Crippen LogP contribution < -0.4 is 5.32 Å². The van der Waals surface area contributed by atoms with Gasteiger partial charge in [0.2, 0.25) is 5.91 Å². The SMILES string of the molecule is C[C@@H](NC(=O)OC(C)(C)C)C(=O)N1CCC(OCc2ccccc2)CC1. The van der Waals surface area contributed by atoms with Gasteiger partial charge in [-0.15, -0.1) is 0 Å². The van der Waals surface area contributed by atoms with E-state index in [1.807, 2.05) is 30.3 Å². The normalized spacial score (nSPS) is 16.8. The van der Waals surface area contributed by atoms with Crippen molar-refractivity contribution in [3.63, 3.8) is 0 Å². The fourth-order valence-electron chi connectivity index (χ4n) is 2.85. The Bertz CT molecular complexity index is 590. The Morgan fingerprint density at radius 2 is 1.81 bits per heavy atom. The highest BCUT2D eigenvalue weighted by Gasteiger charge is 2.28. The second kappa shape index (κ2) is 9.03. The van der Waals surface area contributed by atoms with Crippen molar-refractivity contribution in [2.24, 2.45) is 0 Å². The molecule has 0 aromatic heterocycles. The quantitative estimate of drug-likeness (QED) is 0.874. The number of hydrogen-bond donors (Lipinski definition) is 1. The molecule has 1 aliphatic rings. The van der Waals surface area contributed by atoms with Crippen LogP contribution in [-0.4, -0.2) is 47.7 Å². The lowest BCUT2D eigenvalue weighted by Gasteiger charge is -2.33. The van der Waals surface area contributed by atoms with E-state index >= 15 is 0 Å². The molecule has 26 heavy (non-hydrogen) atoms. The summed E-state index contributed by atoms with van der Waals surface area (Å²) in [7, 11) is 0. The van der Waals surface area contributed by atoms with Gasteiger partial charge < -0.3 is 19.7 Å². The highest BCUT2D eigenvalue weighted by molar-refractivity contribution is 5.85. The van der Waals surface area contributed by atoms with Gasteiger partial charge in [0, 0.05) is 13.1 Å². The Kier molecular flexibility index (Phi) is 7.03. The molecule has 1 N–H and O–H groups in total. The Balaban J connectivity index is 1.72. The molecule has 0 radical (unpaired) electrons. The zero-order chi connectivity index (χ0) is 19.2. The van der Waals surface area contributed by atoms with E-state index in [0.717, 1.165) is 18.4 Å². The number of hydrogen-bond acceptors (Lipinski definition) is 4. The van der Waals surface area contributed by atoms with E-state index in [-0.39, 0.29) is 12.0 Å². The van der Waals surface area contributed by atoms with Crippen LogP contribution in [-0.2, 0) is 20.9 Å². The van der Waals surface area contributed by atoms with E-state index in [4.69, 9.17) is 9.47 Å². The molecule has 0 aliphatic carbocycles. The molecule has 0 saturated carbocycles. The van der Waals surface area contributed by atoms with Gasteiger partial charge >= 0.3 is 6.09 Å². The first-order valence-electron chi connectivity index (χ1n) is 9.18. The maximum atomic E-state index is 12.5. The summed E-state index contributed by atoms with van der Waals surface area (Å²) in [5, 5.41) is 2.61. The van der Waals surface area contributed by atoms with Crippen molar-refractivity contribution in [1.29, 1.82) is 0 Å². The average molecular weight is 362 g/mol. The molecule has 2 rings (SSSR count). The van der Waals surface area contributed by atoms with Gasteiger partial charge in [0.05, 0.1) is 12.7 Å². The minimum absolute atomic E-state index is 0.0858. The molecule has 2 amide bonds. The standard InChI is InChI=1S/C20H30N2O4/c1-15(21-19(24)26-20(2,3)4)18(23)22-12-10-17(11-13-22)25-14-16-8-6-5-7-9-16/h5-9,15,17H,10-14H2,1-4H3,(H,21,24)/t15-/m1/s1. The summed E-state index contributed by atoms with van der Waals surface area (Å²) in [6.45, 7) is 8.93. The smallest absolute Gasteiger partial charge is 0.408 e. The molecule has 1 aromatic carbocycles. The molecule has 1 saturated heterocycles. The topological polar surface area (TPSA) is 67.9 Å². The van der Waals surface area contributed by atoms with Crippen LogP contribution in [0.1, 0.15) is 46.1 Å². The molecular weight excluding hydrogens is 332 g/mol. The number of nitrogens with one attached hydrogen (secondary N) is 1. The van der Waals surface area contributed by atoms with Crippen LogP contribution in [0.15, 0.2) is 30.3 Å². The van der Waals surface area contributed by atoms with Crippen molar-refractivity contribution < 1.29 is 19.1 Å². The van der Waals surface area contributed by atoms with Crippen LogP contribution in [0.3, 0.4) is 0 Å². The highest BCUT2D eigenvalue weighted by Crippen LogP contribution is 2.16. The fraction of sp³-hybridized carbons (Fsp3) is 0.600. The molecule has 1 heterocycles. The molecule has 0 spiro atoms. The van der Waals surface area contributed by atoms with Crippen molar-refractivity contribution in [1.82, 2.24) is 10.2 Å². The average Bonchev–Trinajstić information content (AvgIpc) is 2.59. The summed E-state index contributed by atoms with van der Waals surface area (Å²) in [6, 6.07) is 9.47. The van der Waals surface area contributed by atoms with E-state index in [0.29, 0.717) is 19.7 Å². The lowest BCUT2D eigenvalue weighted by Crippen LogP contribution is -2.50. The Hall–Kier alpha value is -2.08. The highest BCUT2D eigenvalue weighted by atomic mass is 16.6. The lowest BCUT2D eigenvalue weighted by atomic mass is 10.1. The fourth-order valence-corrected chi connectivity index (χ4v) is 2.85. The Morgan fingerprint density at radius 1 is 1.19 bits per heavy atom. The minimum atomic E-state index is -0.605. The van der Waals surface area contributed by atoms with Crippen LogP contribution in [0.25, 0.3) is 0 Å². The van der Waals surface area contributed by atoms with Crippen LogP contribution in [0.4, 0.5) is 4.79 Å². The van der Waals surface area contributed by atoms with Crippen LogP contribution in [0, 0.1) is 0 Å². The second-order valence-corrected chi connectivity index (χ2v) is 7.69. The molecular formula is C20H30N2O4. The van der Waals surface area contributed by atoms with E-state index in [2.05, 4.69) is 5.32 Å². The Labute approximate surface area is 155 Å². The molecule has 1 aliphatic heterocycles. The monoisotopic (exact) mass is 362 g/mol. The van der Waals surface area contributed by atoms with Crippen LogP contribution in [0.2, 0.25) is 0 Å². The van der Waals surface area contributed by atoms with E-state index in [1.165, 1.54) is 0 Å². The zero-order valence-electron chi connectivity index (χ0n) is 16.2.